The number of benzene rings is 2. The summed E-state index contributed by atoms with van der Waals surface area (Å²) in [5.74, 6) is -3.10. The molecule has 3 heterocycles. The number of likely N-dealkylation sites (tertiary alicyclic amines) is 1. The fourth-order valence-corrected chi connectivity index (χ4v) is 7.36. The van der Waals surface area contributed by atoms with Crippen LogP contribution < -0.4 is 4.90 Å². The van der Waals surface area contributed by atoms with Gasteiger partial charge in [-0.1, -0.05) is 36.4 Å². The van der Waals surface area contributed by atoms with E-state index in [-0.39, 0.29) is 55.4 Å². The highest BCUT2D eigenvalue weighted by molar-refractivity contribution is 7.89. The minimum Gasteiger partial charge on any atom is -0.507 e. The molecule has 0 saturated carbocycles. The molecule has 3 aliphatic rings. The third-order valence-corrected chi connectivity index (χ3v) is 9.72. The zero-order chi connectivity index (χ0) is 30.2. The van der Waals surface area contributed by atoms with Crippen molar-refractivity contribution in [2.45, 2.75) is 16.9 Å². The molecule has 2 aromatic rings. The lowest BCUT2D eigenvalue weighted by Crippen LogP contribution is -2.52. The van der Waals surface area contributed by atoms with E-state index in [2.05, 4.69) is 6.58 Å². The van der Waals surface area contributed by atoms with Crippen LogP contribution in [0.2, 0.25) is 0 Å². The maximum Gasteiger partial charge on any atom is 0.296 e. The number of ether oxygens (including phenoxy) is 1. The number of sulfonamides is 1. The molecule has 3 aliphatic heterocycles. The van der Waals surface area contributed by atoms with Crippen molar-refractivity contribution in [2.24, 2.45) is 0 Å². The van der Waals surface area contributed by atoms with E-state index in [0.717, 1.165) is 0 Å². The van der Waals surface area contributed by atoms with Crippen LogP contribution in [0.4, 0.5) is 5.69 Å². The number of hydrogen-bond donors (Lipinski definition) is 1. The molecule has 2 aromatic carbocycles. The second-order valence-electron chi connectivity index (χ2n) is 10.6. The van der Waals surface area contributed by atoms with Gasteiger partial charge in [-0.05, 0) is 45.3 Å². The van der Waals surface area contributed by atoms with Gasteiger partial charge in [0, 0.05) is 37.3 Å². The lowest BCUT2D eigenvalue weighted by molar-refractivity contribution is -0.143. The highest BCUT2D eigenvalue weighted by Crippen LogP contribution is 2.53. The summed E-state index contributed by atoms with van der Waals surface area (Å²) in [5.41, 5.74) is -1.43. The van der Waals surface area contributed by atoms with E-state index in [0.29, 0.717) is 24.2 Å². The average molecular weight is 595 g/mol. The van der Waals surface area contributed by atoms with Gasteiger partial charge in [0.25, 0.3) is 17.6 Å². The second-order valence-corrected chi connectivity index (χ2v) is 12.6. The molecular weight excluding hydrogens is 560 g/mol. The van der Waals surface area contributed by atoms with Crippen LogP contribution in [0.5, 0.6) is 0 Å². The molecule has 12 heteroatoms. The van der Waals surface area contributed by atoms with Crippen LogP contribution in [0.15, 0.2) is 71.7 Å². The zero-order valence-corrected chi connectivity index (χ0v) is 24.5. The number of aliphatic hydroxyl groups excluding tert-OH is 1. The van der Waals surface area contributed by atoms with E-state index in [4.69, 9.17) is 4.74 Å². The number of aliphatic hydroxyl groups is 1. The first-order chi connectivity index (χ1) is 20.1. The minimum atomic E-state index is -3.93. The summed E-state index contributed by atoms with van der Waals surface area (Å²) >= 11 is 0. The lowest BCUT2D eigenvalue weighted by Gasteiger charge is -2.34. The van der Waals surface area contributed by atoms with Gasteiger partial charge in [0.2, 0.25) is 10.0 Å². The highest BCUT2D eigenvalue weighted by atomic mass is 32.2. The van der Waals surface area contributed by atoms with E-state index in [1.54, 1.807) is 30.3 Å². The molecule has 0 aliphatic carbocycles. The van der Waals surface area contributed by atoms with Crippen molar-refractivity contribution in [1.82, 2.24) is 14.1 Å². The lowest BCUT2D eigenvalue weighted by atomic mass is 9.82. The van der Waals surface area contributed by atoms with Crippen LogP contribution in [0.1, 0.15) is 17.5 Å². The number of rotatable bonds is 9. The van der Waals surface area contributed by atoms with Gasteiger partial charge in [0.1, 0.15) is 5.76 Å². The van der Waals surface area contributed by atoms with E-state index in [1.807, 2.05) is 19.0 Å². The molecule has 0 radical (unpaired) electrons. The van der Waals surface area contributed by atoms with E-state index >= 15 is 0 Å². The van der Waals surface area contributed by atoms with Crippen LogP contribution in [0.25, 0.3) is 5.76 Å². The summed E-state index contributed by atoms with van der Waals surface area (Å²) in [6.45, 7) is 5.44. The summed E-state index contributed by atoms with van der Waals surface area (Å²) in [6, 6.07) is 12.4. The first-order valence-corrected chi connectivity index (χ1v) is 15.2. The summed E-state index contributed by atoms with van der Waals surface area (Å²) in [5, 5.41) is 11.8. The summed E-state index contributed by atoms with van der Waals surface area (Å²) in [4.78, 5) is 46.4. The van der Waals surface area contributed by atoms with Crippen LogP contribution in [-0.4, -0.2) is 105 Å². The number of morpholine rings is 1. The van der Waals surface area contributed by atoms with Gasteiger partial charge in [-0.3, -0.25) is 14.4 Å². The van der Waals surface area contributed by atoms with Crippen molar-refractivity contribution in [1.29, 1.82) is 0 Å². The third kappa shape index (κ3) is 4.64. The van der Waals surface area contributed by atoms with Gasteiger partial charge in [0.15, 0.2) is 5.54 Å². The SMILES string of the molecule is C=CCN1C(=O)C2(/C(=C(\O)c3cccc(S(=O)(=O)N4CCOCC4)c3)C(=O)C(=O)N2CCCN(C)C)c2ccccc21. The fraction of sp³-hybridized carbons (Fsp3) is 0.367. The maximum atomic E-state index is 14.4. The number of carbonyl (C=O) groups excluding carboxylic acids is 3. The number of Topliss-reactive ketones (excluding diaryl/α,β-unsaturated/α-hetero) is 1. The van der Waals surface area contributed by atoms with Crippen molar-refractivity contribution in [3.8, 4) is 0 Å². The highest BCUT2D eigenvalue weighted by Gasteiger charge is 2.66. The summed E-state index contributed by atoms with van der Waals surface area (Å²) in [6.07, 6.45) is 2.01. The van der Waals surface area contributed by atoms with Crippen molar-refractivity contribution in [2.75, 3.05) is 64.9 Å². The molecule has 2 fully saturated rings. The molecule has 5 rings (SSSR count). The predicted molar refractivity (Wildman–Crippen MR) is 156 cm³/mol. The van der Waals surface area contributed by atoms with Crippen molar-refractivity contribution in [3.63, 3.8) is 0 Å². The molecule has 1 atom stereocenters. The standard InChI is InChI=1S/C30H34N4O7S/c1-4-13-33-24-12-6-5-11-23(24)30(29(33)38)25(27(36)28(37)34(30)15-8-14-31(2)3)26(35)21-9-7-10-22(20-21)42(39,40)32-16-18-41-19-17-32/h4-7,9-12,20,35H,1,8,13-19H2,2-3H3/b26-25-. The quantitative estimate of drug-likeness (QED) is 0.201. The topological polar surface area (TPSA) is 128 Å². The Labute approximate surface area is 245 Å². The average Bonchev–Trinajstić information content (AvgIpc) is 3.36. The van der Waals surface area contributed by atoms with Crippen molar-refractivity contribution >= 4 is 39.1 Å². The number of ketones is 1. The van der Waals surface area contributed by atoms with Gasteiger partial charge in [-0.25, -0.2) is 8.42 Å². The monoisotopic (exact) mass is 594 g/mol. The van der Waals surface area contributed by atoms with Crippen LogP contribution in [0.3, 0.4) is 0 Å². The molecule has 2 amide bonds. The van der Waals surface area contributed by atoms with Crippen LogP contribution >= 0.6 is 0 Å². The van der Waals surface area contributed by atoms with Gasteiger partial charge in [-0.2, -0.15) is 4.31 Å². The Hall–Kier alpha value is -3.84. The number of anilines is 1. The smallest absolute Gasteiger partial charge is 0.296 e. The van der Waals surface area contributed by atoms with E-state index in [1.165, 1.54) is 38.4 Å². The van der Waals surface area contributed by atoms with E-state index in [9.17, 15) is 27.9 Å². The normalized spacial score (nSPS) is 22.4. The molecular formula is C30H34N4O7S. The Morgan fingerprint density at radius 1 is 1.10 bits per heavy atom. The van der Waals surface area contributed by atoms with Crippen molar-refractivity contribution < 1.29 is 32.6 Å². The number of para-hydroxylation sites is 1. The molecule has 1 spiro atoms. The Bertz CT molecular complexity index is 1580. The van der Waals surface area contributed by atoms with Gasteiger partial charge >= 0.3 is 0 Å². The number of fused-ring (bicyclic) bond motifs is 2. The van der Waals surface area contributed by atoms with Crippen LogP contribution in [-0.2, 0) is 34.7 Å². The fourth-order valence-electron chi connectivity index (χ4n) is 5.91. The van der Waals surface area contributed by atoms with Crippen molar-refractivity contribution in [3.05, 3.63) is 77.9 Å². The largest absolute Gasteiger partial charge is 0.507 e. The summed E-state index contributed by atoms with van der Waals surface area (Å²) in [7, 11) is -0.176. The van der Waals surface area contributed by atoms with Gasteiger partial charge < -0.3 is 24.5 Å². The maximum absolute atomic E-state index is 14.4. The number of carbonyl (C=O) groups is 3. The Kier molecular flexibility index (Phi) is 8.08. The molecule has 1 unspecified atom stereocenters. The Morgan fingerprint density at radius 3 is 2.50 bits per heavy atom. The van der Waals surface area contributed by atoms with E-state index < -0.39 is 38.9 Å². The zero-order valence-electron chi connectivity index (χ0n) is 23.7. The molecule has 222 valence electrons. The first kappa shape index (κ1) is 29.6. The Balaban J connectivity index is 1.71. The molecule has 1 N–H and O–H groups in total. The third-order valence-electron chi connectivity index (χ3n) is 7.82. The molecule has 42 heavy (non-hydrogen) atoms. The number of amides is 2. The number of nitrogens with zero attached hydrogens (tertiary/aromatic N) is 4. The second kappa shape index (κ2) is 11.4. The molecule has 2 saturated heterocycles. The first-order valence-electron chi connectivity index (χ1n) is 13.7. The molecule has 11 nitrogen and oxygen atoms in total. The van der Waals surface area contributed by atoms with Crippen LogP contribution in [0, 0.1) is 0 Å². The molecule has 0 aromatic heterocycles. The Morgan fingerprint density at radius 2 is 1.81 bits per heavy atom. The summed E-state index contributed by atoms with van der Waals surface area (Å²) < 4.78 is 33.3. The van der Waals surface area contributed by atoms with Gasteiger partial charge in [0.05, 0.1) is 29.4 Å². The number of hydrogen-bond acceptors (Lipinski definition) is 8. The van der Waals surface area contributed by atoms with Gasteiger partial charge in [-0.15, -0.1) is 6.58 Å². The predicted octanol–water partition coefficient (Wildman–Crippen LogP) is 1.77. The molecule has 0 bridgehead atoms. The minimum absolute atomic E-state index is 0.00227.